The van der Waals surface area contributed by atoms with E-state index in [9.17, 15) is 4.79 Å². The van der Waals surface area contributed by atoms with Gasteiger partial charge in [-0.15, -0.1) is 0 Å². The standard InChI is InChI=1S/C19H15ClN4OS/c20-15-5-3-6-16(12-15)24-10-9-22-19(24)26-11-8-18(25)23-17-7-2-1-4-14(17)13-21/h1-7,9-10,12H,8,11H2,(H,23,25). The number of halogens is 1. The predicted octanol–water partition coefficient (Wildman–Crippen LogP) is 4.52. The van der Waals surface area contributed by atoms with Gasteiger partial charge in [-0.25, -0.2) is 4.98 Å². The van der Waals surface area contributed by atoms with Crippen LogP contribution in [-0.2, 0) is 4.79 Å². The molecular formula is C19H15ClN4OS. The van der Waals surface area contributed by atoms with Crippen molar-refractivity contribution in [3.8, 4) is 11.8 Å². The normalized spacial score (nSPS) is 10.3. The molecule has 0 spiro atoms. The van der Waals surface area contributed by atoms with Crippen LogP contribution in [0, 0.1) is 11.3 Å². The molecule has 0 unspecified atom stereocenters. The Balaban J connectivity index is 1.58. The highest BCUT2D eigenvalue weighted by molar-refractivity contribution is 7.99. The van der Waals surface area contributed by atoms with Crippen LogP contribution in [0.3, 0.4) is 0 Å². The molecule has 3 aromatic rings. The van der Waals surface area contributed by atoms with Gasteiger partial charge in [0.25, 0.3) is 0 Å². The molecule has 0 radical (unpaired) electrons. The largest absolute Gasteiger partial charge is 0.325 e. The van der Waals surface area contributed by atoms with Gasteiger partial charge in [-0.1, -0.05) is 41.6 Å². The first-order valence-corrected chi connectivity index (χ1v) is 9.25. The van der Waals surface area contributed by atoms with E-state index in [1.165, 1.54) is 11.8 Å². The number of para-hydroxylation sites is 1. The molecule has 0 saturated carbocycles. The summed E-state index contributed by atoms with van der Waals surface area (Å²) < 4.78 is 1.93. The van der Waals surface area contributed by atoms with Gasteiger partial charge in [-0.3, -0.25) is 9.36 Å². The van der Waals surface area contributed by atoms with Crippen LogP contribution in [0.1, 0.15) is 12.0 Å². The minimum absolute atomic E-state index is 0.138. The monoisotopic (exact) mass is 382 g/mol. The minimum Gasteiger partial charge on any atom is -0.325 e. The second-order valence-electron chi connectivity index (χ2n) is 5.36. The summed E-state index contributed by atoms with van der Waals surface area (Å²) in [6.07, 6.45) is 3.89. The lowest BCUT2D eigenvalue weighted by molar-refractivity contribution is -0.115. The van der Waals surface area contributed by atoms with Crippen LogP contribution in [0.15, 0.2) is 66.1 Å². The lowest BCUT2D eigenvalue weighted by Crippen LogP contribution is -2.13. The summed E-state index contributed by atoms with van der Waals surface area (Å²) in [5.41, 5.74) is 1.90. The van der Waals surface area contributed by atoms with Gasteiger partial charge in [0.1, 0.15) is 6.07 Å². The number of imidazole rings is 1. The van der Waals surface area contributed by atoms with Crippen LogP contribution in [0.5, 0.6) is 0 Å². The maximum absolute atomic E-state index is 12.1. The van der Waals surface area contributed by atoms with Gasteiger partial charge < -0.3 is 5.32 Å². The van der Waals surface area contributed by atoms with Gasteiger partial charge in [-0.05, 0) is 30.3 Å². The first-order valence-electron chi connectivity index (χ1n) is 7.88. The zero-order valence-electron chi connectivity index (χ0n) is 13.7. The van der Waals surface area contributed by atoms with Gasteiger partial charge in [0.05, 0.1) is 11.3 Å². The third-order valence-corrected chi connectivity index (χ3v) is 4.78. The summed E-state index contributed by atoms with van der Waals surface area (Å²) in [5.74, 6) is 0.430. The van der Waals surface area contributed by atoms with Crippen LogP contribution in [-0.4, -0.2) is 21.2 Å². The van der Waals surface area contributed by atoms with Gasteiger partial charge in [0.2, 0.25) is 5.91 Å². The first kappa shape index (κ1) is 18.1. The third kappa shape index (κ3) is 4.45. The number of nitrogens with one attached hydrogen (secondary N) is 1. The lowest BCUT2D eigenvalue weighted by atomic mass is 10.2. The molecule has 0 saturated heterocycles. The Hall–Kier alpha value is -2.75. The van der Waals surface area contributed by atoms with E-state index in [0.717, 1.165) is 10.8 Å². The van der Waals surface area contributed by atoms with Gasteiger partial charge in [0, 0.05) is 35.3 Å². The molecule has 0 atom stereocenters. The summed E-state index contributed by atoms with van der Waals surface area (Å²) in [6, 6.07) is 16.5. The van der Waals surface area contributed by atoms with Crippen molar-refractivity contribution in [1.29, 1.82) is 5.26 Å². The average molecular weight is 383 g/mol. The number of nitrogens with zero attached hydrogens (tertiary/aromatic N) is 3. The topological polar surface area (TPSA) is 70.7 Å². The van der Waals surface area contributed by atoms with E-state index in [4.69, 9.17) is 16.9 Å². The summed E-state index contributed by atoms with van der Waals surface area (Å²) in [4.78, 5) is 16.5. The van der Waals surface area contributed by atoms with E-state index >= 15 is 0 Å². The Bertz CT molecular complexity index is 964. The Morgan fingerprint density at radius 1 is 1.27 bits per heavy atom. The van der Waals surface area contributed by atoms with Gasteiger partial charge in [-0.2, -0.15) is 5.26 Å². The molecule has 7 heteroatoms. The summed E-state index contributed by atoms with van der Waals surface area (Å²) in [6.45, 7) is 0. The molecule has 0 aliphatic rings. The fourth-order valence-corrected chi connectivity index (χ4v) is 3.45. The average Bonchev–Trinajstić information content (AvgIpc) is 3.11. The minimum atomic E-state index is -0.138. The highest BCUT2D eigenvalue weighted by Gasteiger charge is 2.09. The molecule has 130 valence electrons. The lowest BCUT2D eigenvalue weighted by Gasteiger charge is -2.08. The van der Waals surface area contributed by atoms with Crippen molar-refractivity contribution in [3.05, 3.63) is 71.5 Å². The molecule has 1 aromatic heterocycles. The van der Waals surface area contributed by atoms with E-state index in [-0.39, 0.29) is 5.91 Å². The fraction of sp³-hybridized carbons (Fsp3) is 0.105. The van der Waals surface area contributed by atoms with Crippen molar-refractivity contribution in [2.45, 2.75) is 11.6 Å². The number of amides is 1. The molecule has 2 aromatic carbocycles. The summed E-state index contributed by atoms with van der Waals surface area (Å²) >= 11 is 7.53. The number of hydrogen-bond acceptors (Lipinski definition) is 4. The number of carbonyl (C=O) groups is 1. The third-order valence-electron chi connectivity index (χ3n) is 3.58. The number of aromatic nitrogens is 2. The van der Waals surface area contributed by atoms with E-state index in [1.54, 1.807) is 30.5 Å². The molecular weight excluding hydrogens is 368 g/mol. The molecule has 1 heterocycles. The van der Waals surface area contributed by atoms with Gasteiger partial charge in [0.15, 0.2) is 5.16 Å². The number of anilines is 1. The zero-order valence-corrected chi connectivity index (χ0v) is 15.3. The van der Waals surface area contributed by atoms with E-state index in [0.29, 0.717) is 28.4 Å². The highest BCUT2D eigenvalue weighted by atomic mass is 35.5. The highest BCUT2D eigenvalue weighted by Crippen LogP contribution is 2.23. The van der Waals surface area contributed by atoms with Crippen molar-refractivity contribution in [3.63, 3.8) is 0 Å². The number of hydrogen-bond donors (Lipinski definition) is 1. The number of carbonyl (C=O) groups excluding carboxylic acids is 1. The van der Waals surface area contributed by atoms with Crippen LogP contribution >= 0.6 is 23.4 Å². The van der Waals surface area contributed by atoms with E-state index < -0.39 is 0 Å². The molecule has 26 heavy (non-hydrogen) atoms. The molecule has 1 amide bonds. The van der Waals surface area contributed by atoms with Crippen molar-refractivity contribution in [2.75, 3.05) is 11.1 Å². The molecule has 1 N–H and O–H groups in total. The smallest absolute Gasteiger partial charge is 0.225 e. The second kappa shape index (κ2) is 8.56. The second-order valence-corrected chi connectivity index (χ2v) is 6.86. The fourth-order valence-electron chi connectivity index (χ4n) is 2.36. The van der Waals surface area contributed by atoms with Crippen LogP contribution in [0.4, 0.5) is 5.69 Å². The molecule has 3 rings (SSSR count). The molecule has 0 aliphatic heterocycles. The summed E-state index contributed by atoms with van der Waals surface area (Å²) in [5, 5.41) is 13.3. The Labute approximate surface area is 160 Å². The maximum Gasteiger partial charge on any atom is 0.225 e. The number of thioether (sulfide) groups is 1. The first-order chi connectivity index (χ1) is 12.7. The van der Waals surface area contributed by atoms with Gasteiger partial charge >= 0.3 is 0 Å². The number of nitriles is 1. The number of benzene rings is 2. The maximum atomic E-state index is 12.1. The Kier molecular flexibility index (Phi) is 5.95. The van der Waals surface area contributed by atoms with Crippen molar-refractivity contribution in [2.24, 2.45) is 0 Å². The van der Waals surface area contributed by atoms with E-state index in [2.05, 4.69) is 16.4 Å². The molecule has 0 fully saturated rings. The quantitative estimate of drug-likeness (QED) is 0.636. The Morgan fingerprint density at radius 2 is 2.12 bits per heavy atom. The zero-order chi connectivity index (χ0) is 18.4. The van der Waals surface area contributed by atoms with Crippen LogP contribution in [0.25, 0.3) is 5.69 Å². The van der Waals surface area contributed by atoms with E-state index in [1.807, 2.05) is 35.0 Å². The molecule has 0 bridgehead atoms. The Morgan fingerprint density at radius 3 is 2.92 bits per heavy atom. The number of rotatable bonds is 6. The SMILES string of the molecule is N#Cc1ccccc1NC(=O)CCSc1nccn1-c1cccc(Cl)c1. The molecule has 0 aliphatic carbocycles. The van der Waals surface area contributed by atoms with Crippen molar-refractivity contribution in [1.82, 2.24) is 9.55 Å². The molecule has 5 nitrogen and oxygen atoms in total. The van der Waals surface area contributed by atoms with Crippen molar-refractivity contribution < 1.29 is 4.79 Å². The van der Waals surface area contributed by atoms with Crippen LogP contribution < -0.4 is 5.32 Å². The van der Waals surface area contributed by atoms with Crippen molar-refractivity contribution >= 4 is 35.0 Å². The van der Waals surface area contributed by atoms with Crippen LogP contribution in [0.2, 0.25) is 5.02 Å². The summed E-state index contributed by atoms with van der Waals surface area (Å²) in [7, 11) is 0. The predicted molar refractivity (Wildman–Crippen MR) is 104 cm³/mol.